The minimum atomic E-state index is -0.216. The molecule has 2 N–H and O–H groups in total. The van der Waals surface area contributed by atoms with Gasteiger partial charge >= 0.3 is 0 Å². The molecule has 0 heterocycles. The Labute approximate surface area is 106 Å². The van der Waals surface area contributed by atoms with E-state index in [0.29, 0.717) is 0 Å². The number of benzene rings is 2. The highest BCUT2D eigenvalue weighted by atomic mass is 19.1. The summed E-state index contributed by atoms with van der Waals surface area (Å²) < 4.78 is 13.3. The van der Waals surface area contributed by atoms with Gasteiger partial charge in [-0.3, -0.25) is 0 Å². The summed E-state index contributed by atoms with van der Waals surface area (Å²) in [6.07, 6.45) is 2.16. The number of hydrogen-bond donors (Lipinski definition) is 1. The van der Waals surface area contributed by atoms with E-state index in [2.05, 4.69) is 12.1 Å². The quantitative estimate of drug-likeness (QED) is 0.873. The molecular formula is C16H16FN. The summed E-state index contributed by atoms with van der Waals surface area (Å²) in [5, 5.41) is 0. The first-order valence-corrected chi connectivity index (χ1v) is 6.29. The van der Waals surface area contributed by atoms with E-state index in [-0.39, 0.29) is 17.3 Å². The van der Waals surface area contributed by atoms with Crippen molar-refractivity contribution in [2.75, 3.05) is 0 Å². The first-order valence-electron chi connectivity index (χ1n) is 6.29. The van der Waals surface area contributed by atoms with E-state index >= 15 is 0 Å². The summed E-state index contributed by atoms with van der Waals surface area (Å²) in [4.78, 5) is 0. The highest BCUT2D eigenvalue weighted by Crippen LogP contribution is 2.55. The molecule has 0 aromatic heterocycles. The predicted octanol–water partition coefficient (Wildman–Crippen LogP) is 3.56. The Morgan fingerprint density at radius 1 is 1.00 bits per heavy atom. The Morgan fingerprint density at radius 2 is 1.72 bits per heavy atom. The van der Waals surface area contributed by atoms with Crippen LogP contribution < -0.4 is 5.73 Å². The van der Waals surface area contributed by atoms with Crippen LogP contribution in [0.2, 0.25) is 0 Å². The molecule has 1 saturated carbocycles. The lowest BCUT2D eigenvalue weighted by Gasteiger charge is -2.24. The van der Waals surface area contributed by atoms with Crippen molar-refractivity contribution in [3.8, 4) is 0 Å². The molecule has 1 aliphatic rings. The predicted molar refractivity (Wildman–Crippen MR) is 70.7 cm³/mol. The van der Waals surface area contributed by atoms with Gasteiger partial charge in [0, 0.05) is 11.5 Å². The molecule has 2 aromatic rings. The second-order valence-electron chi connectivity index (χ2n) is 5.05. The Hall–Kier alpha value is -1.67. The van der Waals surface area contributed by atoms with Crippen molar-refractivity contribution in [3.05, 3.63) is 71.5 Å². The lowest BCUT2D eigenvalue weighted by molar-refractivity contribution is 0.535. The van der Waals surface area contributed by atoms with Crippen LogP contribution in [0.5, 0.6) is 0 Å². The molecule has 0 bridgehead atoms. The molecule has 1 aliphatic carbocycles. The average molecular weight is 241 g/mol. The van der Waals surface area contributed by atoms with Crippen LogP contribution in [-0.4, -0.2) is 0 Å². The standard InChI is InChI=1S/C16H16FN/c17-14-8-4-5-12(11-14)15(18)16(9-10-16)13-6-2-1-3-7-13/h1-8,11,15H,9-10,18H2. The van der Waals surface area contributed by atoms with Crippen molar-refractivity contribution in [1.29, 1.82) is 0 Å². The fourth-order valence-corrected chi connectivity index (χ4v) is 2.70. The van der Waals surface area contributed by atoms with Crippen molar-refractivity contribution in [2.45, 2.75) is 24.3 Å². The minimum Gasteiger partial charge on any atom is -0.323 e. The maximum atomic E-state index is 13.3. The topological polar surface area (TPSA) is 26.0 Å². The van der Waals surface area contributed by atoms with E-state index in [9.17, 15) is 4.39 Å². The van der Waals surface area contributed by atoms with Crippen LogP contribution in [0, 0.1) is 5.82 Å². The van der Waals surface area contributed by atoms with Crippen molar-refractivity contribution in [1.82, 2.24) is 0 Å². The van der Waals surface area contributed by atoms with Gasteiger partial charge in [0.05, 0.1) is 0 Å². The number of rotatable bonds is 3. The molecule has 92 valence electrons. The molecule has 0 amide bonds. The van der Waals surface area contributed by atoms with E-state index in [4.69, 9.17) is 5.73 Å². The molecule has 0 spiro atoms. The van der Waals surface area contributed by atoms with Crippen LogP contribution >= 0.6 is 0 Å². The molecule has 1 fully saturated rings. The van der Waals surface area contributed by atoms with Crippen molar-refractivity contribution < 1.29 is 4.39 Å². The molecule has 3 rings (SSSR count). The zero-order valence-corrected chi connectivity index (χ0v) is 10.1. The number of halogens is 1. The van der Waals surface area contributed by atoms with E-state index in [1.807, 2.05) is 24.3 Å². The summed E-state index contributed by atoms with van der Waals surface area (Å²) in [6, 6.07) is 16.8. The van der Waals surface area contributed by atoms with Gasteiger partial charge in [-0.05, 0) is 36.1 Å². The zero-order valence-electron chi connectivity index (χ0n) is 10.1. The van der Waals surface area contributed by atoms with E-state index in [0.717, 1.165) is 18.4 Å². The summed E-state index contributed by atoms with van der Waals surface area (Å²) in [7, 11) is 0. The van der Waals surface area contributed by atoms with Crippen LogP contribution in [0.25, 0.3) is 0 Å². The SMILES string of the molecule is NC(c1cccc(F)c1)C1(c2ccccc2)CC1. The van der Waals surface area contributed by atoms with Gasteiger partial charge in [0.25, 0.3) is 0 Å². The van der Waals surface area contributed by atoms with Gasteiger partial charge in [-0.2, -0.15) is 0 Å². The highest BCUT2D eigenvalue weighted by molar-refractivity contribution is 5.38. The molecular weight excluding hydrogens is 225 g/mol. The Bertz CT molecular complexity index is 546. The molecule has 0 radical (unpaired) electrons. The van der Waals surface area contributed by atoms with Crippen LogP contribution in [0.15, 0.2) is 54.6 Å². The number of hydrogen-bond acceptors (Lipinski definition) is 1. The van der Waals surface area contributed by atoms with E-state index in [1.165, 1.54) is 11.6 Å². The molecule has 18 heavy (non-hydrogen) atoms. The highest BCUT2D eigenvalue weighted by Gasteiger charge is 2.49. The third-order valence-electron chi connectivity index (χ3n) is 3.94. The minimum absolute atomic E-state index is 0.00898. The average Bonchev–Trinajstić information content (AvgIpc) is 3.20. The molecule has 1 atom stereocenters. The van der Waals surface area contributed by atoms with Crippen molar-refractivity contribution >= 4 is 0 Å². The van der Waals surface area contributed by atoms with E-state index < -0.39 is 0 Å². The third kappa shape index (κ3) is 1.83. The first-order chi connectivity index (χ1) is 8.72. The lowest BCUT2D eigenvalue weighted by atomic mass is 9.84. The second-order valence-corrected chi connectivity index (χ2v) is 5.05. The lowest BCUT2D eigenvalue weighted by Crippen LogP contribution is -2.26. The summed E-state index contributed by atoms with van der Waals surface area (Å²) >= 11 is 0. The maximum absolute atomic E-state index is 13.3. The summed E-state index contributed by atoms with van der Waals surface area (Å²) in [6.45, 7) is 0. The van der Waals surface area contributed by atoms with Gasteiger partial charge in [0.2, 0.25) is 0 Å². The molecule has 0 aliphatic heterocycles. The Balaban J connectivity index is 1.95. The molecule has 1 unspecified atom stereocenters. The van der Waals surface area contributed by atoms with Gasteiger partial charge in [0.1, 0.15) is 5.82 Å². The Kier molecular flexibility index (Phi) is 2.67. The summed E-state index contributed by atoms with van der Waals surface area (Å²) in [5.74, 6) is -0.216. The largest absolute Gasteiger partial charge is 0.323 e. The molecule has 0 saturated heterocycles. The Morgan fingerprint density at radius 3 is 2.33 bits per heavy atom. The zero-order chi connectivity index (χ0) is 12.6. The van der Waals surface area contributed by atoms with Crippen LogP contribution in [0.1, 0.15) is 30.0 Å². The molecule has 2 aromatic carbocycles. The fourth-order valence-electron chi connectivity index (χ4n) is 2.70. The smallest absolute Gasteiger partial charge is 0.123 e. The van der Waals surface area contributed by atoms with Gasteiger partial charge in [-0.15, -0.1) is 0 Å². The monoisotopic (exact) mass is 241 g/mol. The molecule has 2 heteroatoms. The van der Waals surface area contributed by atoms with Gasteiger partial charge in [0.15, 0.2) is 0 Å². The summed E-state index contributed by atoms with van der Waals surface area (Å²) in [5.41, 5.74) is 8.53. The van der Waals surface area contributed by atoms with Crippen molar-refractivity contribution in [2.24, 2.45) is 5.73 Å². The second kappa shape index (κ2) is 4.21. The first kappa shape index (κ1) is 11.4. The van der Waals surface area contributed by atoms with Gasteiger partial charge in [-0.1, -0.05) is 42.5 Å². The van der Waals surface area contributed by atoms with Crippen LogP contribution in [0.3, 0.4) is 0 Å². The fraction of sp³-hybridized carbons (Fsp3) is 0.250. The van der Waals surface area contributed by atoms with E-state index in [1.54, 1.807) is 12.1 Å². The van der Waals surface area contributed by atoms with Crippen LogP contribution in [-0.2, 0) is 5.41 Å². The third-order valence-corrected chi connectivity index (χ3v) is 3.94. The maximum Gasteiger partial charge on any atom is 0.123 e. The normalized spacial score (nSPS) is 18.3. The van der Waals surface area contributed by atoms with Crippen molar-refractivity contribution in [3.63, 3.8) is 0 Å². The van der Waals surface area contributed by atoms with Gasteiger partial charge in [-0.25, -0.2) is 4.39 Å². The van der Waals surface area contributed by atoms with Gasteiger partial charge < -0.3 is 5.73 Å². The van der Waals surface area contributed by atoms with Crippen LogP contribution in [0.4, 0.5) is 4.39 Å². The molecule has 1 nitrogen and oxygen atoms in total. The number of nitrogens with two attached hydrogens (primary N) is 1.